The quantitative estimate of drug-likeness (QED) is 0.699. The van der Waals surface area contributed by atoms with Crippen molar-refractivity contribution >= 4 is 5.97 Å². The third kappa shape index (κ3) is 1.63. The number of aromatic nitrogens is 1. The SMILES string of the molecule is COC(=O)c1cc(C2CCNC2)on1. The minimum Gasteiger partial charge on any atom is -0.464 e. The number of carbonyl (C=O) groups is 1. The maximum atomic E-state index is 11.1. The highest BCUT2D eigenvalue weighted by atomic mass is 16.5. The molecule has 0 bridgehead atoms. The molecule has 0 aromatic carbocycles. The molecule has 1 aliphatic heterocycles. The summed E-state index contributed by atoms with van der Waals surface area (Å²) in [6.45, 7) is 1.87. The second-order valence-electron chi connectivity index (χ2n) is 3.30. The van der Waals surface area contributed by atoms with E-state index in [2.05, 4.69) is 15.2 Å². The Labute approximate surface area is 81.4 Å². The van der Waals surface area contributed by atoms with Crippen LogP contribution in [0.2, 0.25) is 0 Å². The van der Waals surface area contributed by atoms with E-state index in [1.807, 2.05) is 0 Å². The summed E-state index contributed by atoms with van der Waals surface area (Å²) in [5.41, 5.74) is 0.245. The molecule has 0 aliphatic carbocycles. The first kappa shape index (κ1) is 9.21. The summed E-state index contributed by atoms with van der Waals surface area (Å²) in [7, 11) is 1.33. The smallest absolute Gasteiger partial charge is 0.360 e. The summed E-state index contributed by atoms with van der Waals surface area (Å²) in [6, 6.07) is 1.66. The highest BCUT2D eigenvalue weighted by molar-refractivity contribution is 5.86. The maximum Gasteiger partial charge on any atom is 0.360 e. The van der Waals surface area contributed by atoms with Crippen LogP contribution in [0.4, 0.5) is 0 Å². The number of hydrogen-bond donors (Lipinski definition) is 1. The Kier molecular flexibility index (Phi) is 2.49. The predicted molar refractivity (Wildman–Crippen MR) is 48.1 cm³/mol. The first-order chi connectivity index (χ1) is 6.81. The lowest BCUT2D eigenvalue weighted by molar-refractivity contribution is 0.0589. The number of methoxy groups -OCH3 is 1. The van der Waals surface area contributed by atoms with Gasteiger partial charge in [0.15, 0.2) is 5.69 Å². The van der Waals surface area contributed by atoms with Crippen LogP contribution in [0, 0.1) is 0 Å². The van der Waals surface area contributed by atoms with Gasteiger partial charge < -0.3 is 14.6 Å². The van der Waals surface area contributed by atoms with Gasteiger partial charge in [-0.3, -0.25) is 0 Å². The minimum absolute atomic E-state index is 0.245. The Morgan fingerprint density at radius 1 is 1.79 bits per heavy atom. The zero-order valence-corrected chi connectivity index (χ0v) is 7.95. The van der Waals surface area contributed by atoms with E-state index in [1.54, 1.807) is 6.07 Å². The van der Waals surface area contributed by atoms with Crippen LogP contribution >= 0.6 is 0 Å². The Morgan fingerprint density at radius 3 is 3.29 bits per heavy atom. The lowest BCUT2D eigenvalue weighted by atomic mass is 10.1. The third-order valence-corrected chi connectivity index (χ3v) is 2.39. The molecule has 1 aromatic rings. The van der Waals surface area contributed by atoms with Gasteiger partial charge in [-0.2, -0.15) is 0 Å². The average Bonchev–Trinajstić information content (AvgIpc) is 2.86. The molecule has 1 atom stereocenters. The predicted octanol–water partition coefficient (Wildman–Crippen LogP) is 0.538. The van der Waals surface area contributed by atoms with Crippen LogP contribution in [0.5, 0.6) is 0 Å². The number of nitrogens with zero attached hydrogens (tertiary/aromatic N) is 1. The van der Waals surface area contributed by atoms with Crippen LogP contribution < -0.4 is 5.32 Å². The highest BCUT2D eigenvalue weighted by Gasteiger charge is 2.22. The molecule has 14 heavy (non-hydrogen) atoms. The van der Waals surface area contributed by atoms with E-state index in [0.717, 1.165) is 25.3 Å². The first-order valence-electron chi connectivity index (χ1n) is 4.57. The van der Waals surface area contributed by atoms with Gasteiger partial charge in [0, 0.05) is 18.5 Å². The van der Waals surface area contributed by atoms with E-state index >= 15 is 0 Å². The van der Waals surface area contributed by atoms with Gasteiger partial charge in [0.2, 0.25) is 0 Å². The normalized spacial score (nSPS) is 21.1. The van der Waals surface area contributed by atoms with Crippen molar-refractivity contribution in [2.45, 2.75) is 12.3 Å². The second kappa shape index (κ2) is 3.79. The molecule has 76 valence electrons. The minimum atomic E-state index is -0.453. The summed E-state index contributed by atoms with van der Waals surface area (Å²) < 4.78 is 9.62. The molecule has 1 aromatic heterocycles. The van der Waals surface area contributed by atoms with Crippen molar-refractivity contribution in [2.75, 3.05) is 20.2 Å². The molecular formula is C9H12N2O3. The monoisotopic (exact) mass is 196 g/mol. The van der Waals surface area contributed by atoms with Crippen molar-refractivity contribution in [1.82, 2.24) is 10.5 Å². The molecule has 1 unspecified atom stereocenters. The maximum absolute atomic E-state index is 11.1. The van der Waals surface area contributed by atoms with Gasteiger partial charge in [-0.05, 0) is 13.0 Å². The number of hydrogen-bond acceptors (Lipinski definition) is 5. The van der Waals surface area contributed by atoms with Crippen molar-refractivity contribution in [3.05, 3.63) is 17.5 Å². The van der Waals surface area contributed by atoms with Gasteiger partial charge in [0.25, 0.3) is 0 Å². The van der Waals surface area contributed by atoms with Crippen molar-refractivity contribution in [2.24, 2.45) is 0 Å². The van der Waals surface area contributed by atoms with E-state index < -0.39 is 5.97 Å². The number of ether oxygens (including phenoxy) is 1. The van der Waals surface area contributed by atoms with E-state index in [9.17, 15) is 4.79 Å². The molecule has 1 aliphatic rings. The molecule has 2 heterocycles. The standard InChI is InChI=1S/C9H12N2O3/c1-13-9(12)7-4-8(14-11-7)6-2-3-10-5-6/h4,6,10H,2-3,5H2,1H3. The molecule has 1 saturated heterocycles. The number of rotatable bonds is 2. The molecule has 0 spiro atoms. The largest absolute Gasteiger partial charge is 0.464 e. The van der Waals surface area contributed by atoms with Gasteiger partial charge in [0.05, 0.1) is 7.11 Å². The van der Waals surface area contributed by atoms with E-state index in [1.165, 1.54) is 7.11 Å². The lowest BCUT2D eigenvalue weighted by Gasteiger charge is -1.99. The molecule has 0 radical (unpaired) electrons. The van der Waals surface area contributed by atoms with E-state index in [-0.39, 0.29) is 5.69 Å². The fourth-order valence-corrected chi connectivity index (χ4v) is 1.58. The highest BCUT2D eigenvalue weighted by Crippen LogP contribution is 2.22. The number of esters is 1. The van der Waals surface area contributed by atoms with Gasteiger partial charge in [-0.15, -0.1) is 0 Å². The van der Waals surface area contributed by atoms with Crippen molar-refractivity contribution < 1.29 is 14.1 Å². The average molecular weight is 196 g/mol. The van der Waals surface area contributed by atoms with Crippen LogP contribution in [0.3, 0.4) is 0 Å². The molecular weight excluding hydrogens is 184 g/mol. The van der Waals surface area contributed by atoms with Gasteiger partial charge >= 0.3 is 5.97 Å². The fraction of sp³-hybridized carbons (Fsp3) is 0.556. The Balaban J connectivity index is 2.12. The van der Waals surface area contributed by atoms with Crippen LogP contribution in [0.25, 0.3) is 0 Å². The van der Waals surface area contributed by atoms with Crippen LogP contribution in [0.15, 0.2) is 10.6 Å². The van der Waals surface area contributed by atoms with Gasteiger partial charge in [0.1, 0.15) is 5.76 Å². The molecule has 5 nitrogen and oxygen atoms in total. The topological polar surface area (TPSA) is 64.4 Å². The third-order valence-electron chi connectivity index (χ3n) is 2.39. The number of carbonyl (C=O) groups excluding carboxylic acids is 1. The summed E-state index contributed by atoms with van der Waals surface area (Å²) in [5, 5.41) is 6.87. The Bertz CT molecular complexity index is 329. The summed E-state index contributed by atoms with van der Waals surface area (Å²) >= 11 is 0. The van der Waals surface area contributed by atoms with Crippen molar-refractivity contribution in [1.29, 1.82) is 0 Å². The summed E-state index contributed by atoms with van der Waals surface area (Å²) in [4.78, 5) is 11.1. The van der Waals surface area contributed by atoms with Gasteiger partial charge in [-0.25, -0.2) is 4.79 Å². The summed E-state index contributed by atoms with van der Waals surface area (Å²) in [6.07, 6.45) is 1.02. The summed E-state index contributed by atoms with van der Waals surface area (Å²) in [5.74, 6) is 0.641. The second-order valence-corrected chi connectivity index (χ2v) is 3.30. The molecule has 1 fully saturated rings. The fourth-order valence-electron chi connectivity index (χ4n) is 1.58. The molecule has 0 saturated carbocycles. The van der Waals surface area contributed by atoms with E-state index in [4.69, 9.17) is 4.52 Å². The van der Waals surface area contributed by atoms with Crippen LogP contribution in [-0.2, 0) is 4.74 Å². The lowest BCUT2D eigenvalue weighted by Crippen LogP contribution is -2.07. The van der Waals surface area contributed by atoms with Crippen molar-refractivity contribution in [3.63, 3.8) is 0 Å². The Morgan fingerprint density at radius 2 is 2.64 bits per heavy atom. The zero-order valence-electron chi connectivity index (χ0n) is 7.95. The van der Waals surface area contributed by atoms with E-state index in [0.29, 0.717) is 5.92 Å². The zero-order chi connectivity index (χ0) is 9.97. The molecule has 0 amide bonds. The molecule has 1 N–H and O–H groups in total. The van der Waals surface area contributed by atoms with Crippen LogP contribution in [0.1, 0.15) is 28.6 Å². The van der Waals surface area contributed by atoms with Crippen LogP contribution in [-0.4, -0.2) is 31.3 Å². The Hall–Kier alpha value is -1.36. The molecule has 5 heteroatoms. The first-order valence-corrected chi connectivity index (χ1v) is 4.57. The number of nitrogens with one attached hydrogen (secondary N) is 1. The van der Waals surface area contributed by atoms with Gasteiger partial charge in [-0.1, -0.05) is 5.16 Å². The molecule has 2 rings (SSSR count). The van der Waals surface area contributed by atoms with Crippen molar-refractivity contribution in [3.8, 4) is 0 Å².